The molecule has 3 N–H and O–H groups in total. The molecule has 0 aliphatic carbocycles. The van der Waals surface area contributed by atoms with Crippen molar-refractivity contribution in [2.45, 2.75) is 13.0 Å². The van der Waals surface area contributed by atoms with Crippen LogP contribution in [-0.2, 0) is 0 Å². The fraction of sp³-hybridized carbons (Fsp3) is 0.167. The van der Waals surface area contributed by atoms with Crippen LogP contribution >= 0.6 is 0 Å². The molecule has 1 amide bonds. The molecule has 0 spiro atoms. The number of nitrogen functional groups attached to an aromatic ring is 1. The molecule has 0 saturated heterocycles. The number of pyridine rings is 1. The molecule has 17 heavy (non-hydrogen) atoms. The zero-order valence-corrected chi connectivity index (χ0v) is 9.38. The fourth-order valence-corrected chi connectivity index (χ4v) is 1.48. The Labute approximate surface area is 98.6 Å². The Bertz CT molecular complexity index is 508. The van der Waals surface area contributed by atoms with Gasteiger partial charge in [0.15, 0.2) is 5.69 Å². The highest BCUT2D eigenvalue weighted by Gasteiger charge is 2.15. The van der Waals surface area contributed by atoms with Crippen LogP contribution in [0.5, 0.6) is 0 Å². The van der Waals surface area contributed by atoms with Crippen LogP contribution in [0.25, 0.3) is 0 Å². The monoisotopic (exact) mass is 231 g/mol. The summed E-state index contributed by atoms with van der Waals surface area (Å²) in [5, 5.41) is 2.76. The Balaban J connectivity index is 2.10. The molecule has 0 radical (unpaired) electrons. The van der Waals surface area contributed by atoms with Crippen molar-refractivity contribution in [1.82, 2.24) is 10.3 Å². The van der Waals surface area contributed by atoms with Crippen LogP contribution < -0.4 is 11.1 Å². The van der Waals surface area contributed by atoms with E-state index in [0.717, 1.165) is 0 Å². The standard InChI is InChI=1S/C12H13N3O2/c1-8(10-5-3-7-17-10)15-12(16)11-9(13)4-2-6-14-11/h2-8H,13H2,1H3,(H,15,16)/t8-/m0/s1. The third-order valence-electron chi connectivity index (χ3n) is 2.37. The van der Waals surface area contributed by atoms with Gasteiger partial charge in [0.25, 0.3) is 5.91 Å². The van der Waals surface area contributed by atoms with Crippen molar-refractivity contribution in [1.29, 1.82) is 0 Å². The summed E-state index contributed by atoms with van der Waals surface area (Å²) in [6.45, 7) is 1.83. The highest BCUT2D eigenvalue weighted by atomic mass is 16.3. The second-order valence-corrected chi connectivity index (χ2v) is 3.65. The van der Waals surface area contributed by atoms with Gasteiger partial charge in [0, 0.05) is 6.20 Å². The number of nitrogens with zero attached hydrogens (tertiary/aromatic N) is 1. The maximum atomic E-state index is 11.9. The van der Waals surface area contributed by atoms with Crippen molar-refractivity contribution in [3.05, 3.63) is 48.2 Å². The van der Waals surface area contributed by atoms with Crippen LogP contribution in [0, 0.1) is 0 Å². The number of anilines is 1. The molecule has 2 rings (SSSR count). The van der Waals surface area contributed by atoms with Crippen LogP contribution in [0.3, 0.4) is 0 Å². The summed E-state index contributed by atoms with van der Waals surface area (Å²) in [5.74, 6) is 0.375. The molecule has 5 nitrogen and oxygen atoms in total. The van der Waals surface area contributed by atoms with E-state index < -0.39 is 0 Å². The van der Waals surface area contributed by atoms with Crippen LogP contribution in [0.15, 0.2) is 41.1 Å². The molecule has 0 unspecified atom stereocenters. The molecule has 88 valence electrons. The molecule has 0 aliphatic rings. The minimum absolute atomic E-state index is 0.223. The zero-order chi connectivity index (χ0) is 12.3. The molecule has 0 aromatic carbocycles. The Morgan fingerprint density at radius 2 is 2.29 bits per heavy atom. The van der Waals surface area contributed by atoms with E-state index >= 15 is 0 Å². The average molecular weight is 231 g/mol. The molecule has 0 bridgehead atoms. The van der Waals surface area contributed by atoms with E-state index in [1.165, 1.54) is 6.20 Å². The van der Waals surface area contributed by atoms with E-state index in [1.54, 1.807) is 30.5 Å². The molecular formula is C12H13N3O2. The van der Waals surface area contributed by atoms with Gasteiger partial charge in [-0.2, -0.15) is 0 Å². The normalized spacial score (nSPS) is 12.1. The number of carbonyl (C=O) groups excluding carboxylic acids is 1. The van der Waals surface area contributed by atoms with E-state index in [4.69, 9.17) is 10.2 Å². The second kappa shape index (κ2) is 4.69. The SMILES string of the molecule is C[C@H](NC(=O)c1ncccc1N)c1ccco1. The lowest BCUT2D eigenvalue weighted by Gasteiger charge is -2.11. The molecule has 1 atom stereocenters. The lowest BCUT2D eigenvalue weighted by molar-refractivity contribution is 0.0931. The van der Waals surface area contributed by atoms with Crippen molar-refractivity contribution in [2.75, 3.05) is 5.73 Å². The van der Waals surface area contributed by atoms with E-state index in [2.05, 4.69) is 10.3 Å². The Kier molecular flexibility index (Phi) is 3.09. The number of nitrogens with one attached hydrogen (secondary N) is 1. The number of carbonyl (C=O) groups is 1. The topological polar surface area (TPSA) is 81.2 Å². The number of aromatic nitrogens is 1. The number of amides is 1. The first-order chi connectivity index (χ1) is 8.18. The molecule has 0 saturated carbocycles. The summed E-state index contributed by atoms with van der Waals surface area (Å²) in [5.41, 5.74) is 6.25. The Hall–Kier alpha value is -2.30. The average Bonchev–Trinajstić information content (AvgIpc) is 2.82. The van der Waals surface area contributed by atoms with E-state index in [9.17, 15) is 4.79 Å². The molecule has 0 aliphatic heterocycles. The predicted molar refractivity (Wildman–Crippen MR) is 63.2 cm³/mol. The molecule has 2 heterocycles. The van der Waals surface area contributed by atoms with E-state index in [0.29, 0.717) is 11.4 Å². The molecule has 2 aromatic rings. The molecule has 0 fully saturated rings. The highest BCUT2D eigenvalue weighted by Crippen LogP contribution is 2.14. The fourth-order valence-electron chi connectivity index (χ4n) is 1.48. The summed E-state index contributed by atoms with van der Waals surface area (Å²) >= 11 is 0. The van der Waals surface area contributed by atoms with Crippen LogP contribution in [0.2, 0.25) is 0 Å². The van der Waals surface area contributed by atoms with Crippen molar-refractivity contribution in [3.63, 3.8) is 0 Å². The van der Waals surface area contributed by atoms with Crippen molar-refractivity contribution >= 4 is 11.6 Å². The van der Waals surface area contributed by atoms with Gasteiger partial charge in [0.2, 0.25) is 0 Å². The number of rotatable bonds is 3. The van der Waals surface area contributed by atoms with Gasteiger partial charge < -0.3 is 15.5 Å². The van der Waals surface area contributed by atoms with Gasteiger partial charge in [-0.15, -0.1) is 0 Å². The van der Waals surface area contributed by atoms with E-state index in [1.807, 2.05) is 6.92 Å². The van der Waals surface area contributed by atoms with Gasteiger partial charge in [-0.25, -0.2) is 4.98 Å². The van der Waals surface area contributed by atoms with Crippen LogP contribution in [0.1, 0.15) is 29.2 Å². The summed E-state index contributed by atoms with van der Waals surface area (Å²) in [7, 11) is 0. The number of hydrogen-bond acceptors (Lipinski definition) is 4. The quantitative estimate of drug-likeness (QED) is 0.843. The maximum Gasteiger partial charge on any atom is 0.272 e. The van der Waals surface area contributed by atoms with Gasteiger partial charge in [0.1, 0.15) is 5.76 Å². The van der Waals surface area contributed by atoms with Gasteiger partial charge in [0.05, 0.1) is 18.0 Å². The predicted octanol–water partition coefficient (Wildman–Crippen LogP) is 1.75. The first-order valence-electron chi connectivity index (χ1n) is 5.23. The van der Waals surface area contributed by atoms with Gasteiger partial charge in [-0.1, -0.05) is 0 Å². The molecule has 2 aromatic heterocycles. The Morgan fingerprint density at radius 3 is 2.94 bits per heavy atom. The van der Waals surface area contributed by atoms with Gasteiger partial charge in [-0.3, -0.25) is 4.79 Å². The minimum Gasteiger partial charge on any atom is -0.467 e. The highest BCUT2D eigenvalue weighted by molar-refractivity contribution is 5.97. The summed E-state index contributed by atoms with van der Waals surface area (Å²) in [6.07, 6.45) is 3.09. The summed E-state index contributed by atoms with van der Waals surface area (Å²) < 4.78 is 5.20. The van der Waals surface area contributed by atoms with Gasteiger partial charge in [-0.05, 0) is 31.2 Å². The smallest absolute Gasteiger partial charge is 0.272 e. The zero-order valence-electron chi connectivity index (χ0n) is 9.38. The van der Waals surface area contributed by atoms with E-state index in [-0.39, 0.29) is 17.6 Å². The second-order valence-electron chi connectivity index (χ2n) is 3.65. The number of hydrogen-bond donors (Lipinski definition) is 2. The van der Waals surface area contributed by atoms with Crippen molar-refractivity contribution < 1.29 is 9.21 Å². The maximum absolute atomic E-state index is 11.9. The lowest BCUT2D eigenvalue weighted by atomic mass is 10.2. The summed E-state index contributed by atoms with van der Waals surface area (Å²) in [6, 6.07) is 6.67. The van der Waals surface area contributed by atoms with Crippen molar-refractivity contribution in [2.24, 2.45) is 0 Å². The van der Waals surface area contributed by atoms with Crippen LogP contribution in [-0.4, -0.2) is 10.9 Å². The molecular weight excluding hydrogens is 218 g/mol. The lowest BCUT2D eigenvalue weighted by Crippen LogP contribution is -2.27. The first kappa shape index (κ1) is 11.2. The minimum atomic E-state index is -0.313. The molecule has 5 heteroatoms. The summed E-state index contributed by atoms with van der Waals surface area (Å²) in [4.78, 5) is 15.8. The number of nitrogens with two attached hydrogens (primary N) is 1. The first-order valence-corrected chi connectivity index (χ1v) is 5.23. The van der Waals surface area contributed by atoms with Crippen LogP contribution in [0.4, 0.5) is 5.69 Å². The van der Waals surface area contributed by atoms with Gasteiger partial charge >= 0.3 is 0 Å². The Morgan fingerprint density at radius 1 is 1.47 bits per heavy atom. The largest absolute Gasteiger partial charge is 0.467 e. The third-order valence-corrected chi connectivity index (χ3v) is 2.37. The number of furan rings is 1. The third kappa shape index (κ3) is 2.44. The van der Waals surface area contributed by atoms with Crippen molar-refractivity contribution in [3.8, 4) is 0 Å².